The van der Waals surface area contributed by atoms with Gasteiger partial charge >= 0.3 is 0 Å². The number of allylic oxidation sites excluding steroid dienone is 2. The Morgan fingerprint density at radius 2 is 1.42 bits per heavy atom. The molecule has 2 aromatic rings. The molecular weight excluding hydrogens is 574 g/mol. The quantitative estimate of drug-likeness (QED) is 0.489. The van der Waals surface area contributed by atoms with E-state index in [0.717, 1.165) is 6.42 Å². The minimum absolute atomic E-state index is 0.0310. The molecule has 0 bridgehead atoms. The highest BCUT2D eigenvalue weighted by Crippen LogP contribution is 2.45. The molecule has 6 rings (SSSR count). The van der Waals surface area contributed by atoms with Crippen LogP contribution in [0.3, 0.4) is 0 Å². The van der Waals surface area contributed by atoms with E-state index >= 15 is 0 Å². The van der Waals surface area contributed by atoms with Crippen LogP contribution in [-0.4, -0.2) is 57.8 Å². The number of benzene rings is 2. The molecule has 3 aliphatic heterocycles. The lowest BCUT2D eigenvalue weighted by Crippen LogP contribution is -2.40. The predicted molar refractivity (Wildman–Crippen MR) is 164 cm³/mol. The zero-order valence-corrected chi connectivity index (χ0v) is 25.8. The van der Waals surface area contributed by atoms with Crippen molar-refractivity contribution in [2.75, 3.05) is 19.8 Å². The van der Waals surface area contributed by atoms with Gasteiger partial charge in [-0.2, -0.15) is 10.5 Å². The monoisotopic (exact) mass is 609 g/mol. The van der Waals surface area contributed by atoms with Crippen molar-refractivity contribution >= 4 is 23.1 Å². The summed E-state index contributed by atoms with van der Waals surface area (Å²) in [7, 11) is 0. The molecule has 1 fully saturated rings. The molecular formula is C35H35N3O7. The van der Waals surface area contributed by atoms with Gasteiger partial charge in [-0.3, -0.25) is 9.59 Å². The molecule has 2 aromatic carbocycles. The third kappa shape index (κ3) is 6.08. The highest BCUT2D eigenvalue weighted by atomic mass is 16.5. The summed E-state index contributed by atoms with van der Waals surface area (Å²) in [6, 6.07) is 14.4. The van der Waals surface area contributed by atoms with Crippen LogP contribution in [0.25, 0.3) is 11.5 Å². The number of carbonyl (C=O) groups excluding carboxylic acids is 2. The zero-order valence-electron chi connectivity index (χ0n) is 25.8. The fourth-order valence-corrected chi connectivity index (χ4v) is 5.92. The van der Waals surface area contributed by atoms with Crippen LogP contribution in [0.2, 0.25) is 0 Å². The number of ether oxygens (including phenoxy) is 3. The highest BCUT2D eigenvalue weighted by molar-refractivity contribution is 5.93. The molecule has 10 heteroatoms. The lowest BCUT2D eigenvalue weighted by Gasteiger charge is -2.38. The Kier molecular flexibility index (Phi) is 8.57. The summed E-state index contributed by atoms with van der Waals surface area (Å²) in [4.78, 5) is 25.4. The molecule has 45 heavy (non-hydrogen) atoms. The Hall–Kier alpha value is -4.90. The average molecular weight is 610 g/mol. The van der Waals surface area contributed by atoms with E-state index < -0.39 is 11.2 Å². The van der Waals surface area contributed by atoms with Gasteiger partial charge in [0.05, 0.1) is 47.7 Å². The largest absolute Gasteiger partial charge is 0.483 e. The number of amides is 1. The van der Waals surface area contributed by atoms with Crippen LogP contribution < -0.4 is 9.47 Å². The van der Waals surface area contributed by atoms with Gasteiger partial charge in [0.25, 0.3) is 0 Å². The molecule has 10 nitrogen and oxygen atoms in total. The molecule has 232 valence electrons. The number of rotatable bonds is 5. The maximum atomic E-state index is 12.2. The number of hydrogen-bond acceptors (Lipinski definition) is 9. The zero-order chi connectivity index (χ0) is 32.5. The Balaban J connectivity index is 0.000000178. The first-order valence-corrected chi connectivity index (χ1v) is 14.8. The summed E-state index contributed by atoms with van der Waals surface area (Å²) in [6.07, 6.45) is 3.77. The van der Waals surface area contributed by atoms with Crippen LogP contribution >= 0.6 is 0 Å². The number of ketones is 1. The van der Waals surface area contributed by atoms with Crippen molar-refractivity contribution in [3.63, 3.8) is 0 Å². The van der Waals surface area contributed by atoms with Crippen LogP contribution in [0.1, 0.15) is 75.6 Å². The fraction of sp³-hybridized carbons (Fsp3) is 0.371. The standard InChI is InChI=1S/C18H17NO4.C17H18N2O3/c1-18(2)15(10-20)17(22-13-5-4-12(21)8-13)14-7-11(9-19)3-6-16(14)23-18;1-17(2)13(10-20)16(19-7-3-4-15(19)21)12-8-11(9-18)5-6-14(12)22-17/h3,6-8,20H,4-5,10H2,1-2H3;5-6,8,20H,3-4,7,10H2,1-2H3. The number of likely N-dealkylation sites (tertiary alicyclic amines) is 1. The lowest BCUT2D eigenvalue weighted by atomic mass is 9.88. The van der Waals surface area contributed by atoms with Crippen LogP contribution in [0.4, 0.5) is 0 Å². The van der Waals surface area contributed by atoms with E-state index in [4.69, 9.17) is 24.7 Å². The second-order valence-electron chi connectivity index (χ2n) is 12.1. The summed E-state index contributed by atoms with van der Waals surface area (Å²) in [5.41, 5.74) is 2.82. The Labute approximate surface area is 262 Å². The minimum atomic E-state index is -0.742. The van der Waals surface area contributed by atoms with Crippen LogP contribution in [0, 0.1) is 22.7 Å². The summed E-state index contributed by atoms with van der Waals surface area (Å²) < 4.78 is 17.9. The number of hydrogen-bond donors (Lipinski definition) is 2. The summed E-state index contributed by atoms with van der Waals surface area (Å²) in [5.74, 6) is 2.34. The van der Waals surface area contributed by atoms with Gasteiger partial charge in [0.1, 0.15) is 34.2 Å². The van der Waals surface area contributed by atoms with Crippen molar-refractivity contribution < 1.29 is 34.0 Å². The van der Waals surface area contributed by atoms with E-state index in [9.17, 15) is 19.8 Å². The molecule has 1 saturated heterocycles. The van der Waals surface area contributed by atoms with Gasteiger partial charge in [-0.25, -0.2) is 0 Å². The molecule has 0 unspecified atom stereocenters. The lowest BCUT2D eigenvalue weighted by molar-refractivity contribution is -0.125. The molecule has 1 aliphatic carbocycles. The van der Waals surface area contributed by atoms with Gasteiger partial charge in [0, 0.05) is 48.6 Å². The second-order valence-corrected chi connectivity index (χ2v) is 12.1. The van der Waals surface area contributed by atoms with Gasteiger partial charge in [-0.15, -0.1) is 0 Å². The molecule has 0 saturated carbocycles. The van der Waals surface area contributed by atoms with E-state index in [1.807, 2.05) is 27.7 Å². The van der Waals surface area contributed by atoms with Gasteiger partial charge < -0.3 is 29.3 Å². The summed E-state index contributed by atoms with van der Waals surface area (Å²) in [5, 5.41) is 37.9. The van der Waals surface area contributed by atoms with Crippen LogP contribution in [0.15, 0.2) is 59.4 Å². The van der Waals surface area contributed by atoms with Crippen molar-refractivity contribution in [1.29, 1.82) is 10.5 Å². The molecule has 0 spiro atoms. The molecule has 4 aliphatic rings. The normalized spacial score (nSPS) is 19.3. The van der Waals surface area contributed by atoms with Gasteiger partial charge in [0.15, 0.2) is 5.78 Å². The van der Waals surface area contributed by atoms with E-state index in [0.29, 0.717) is 87.9 Å². The first kappa shape index (κ1) is 31.5. The molecule has 0 aromatic heterocycles. The number of nitriles is 2. The predicted octanol–water partition coefficient (Wildman–Crippen LogP) is 4.75. The van der Waals surface area contributed by atoms with Gasteiger partial charge in [-0.1, -0.05) is 0 Å². The van der Waals surface area contributed by atoms with Crippen molar-refractivity contribution in [2.45, 2.75) is 64.6 Å². The molecule has 2 N–H and O–H groups in total. The molecule has 3 heterocycles. The molecule has 0 radical (unpaired) electrons. The van der Waals surface area contributed by atoms with E-state index in [-0.39, 0.29) is 24.9 Å². The minimum Gasteiger partial charge on any atom is -0.483 e. The molecule has 1 amide bonds. The van der Waals surface area contributed by atoms with Crippen LogP contribution in [-0.2, 0) is 14.3 Å². The van der Waals surface area contributed by atoms with E-state index in [2.05, 4.69) is 12.1 Å². The Morgan fingerprint density at radius 1 is 0.844 bits per heavy atom. The third-order valence-corrected chi connectivity index (χ3v) is 8.29. The number of fused-ring (bicyclic) bond motifs is 2. The maximum absolute atomic E-state index is 12.2. The topological polar surface area (TPSA) is 153 Å². The second kappa shape index (κ2) is 12.2. The van der Waals surface area contributed by atoms with Crippen molar-refractivity contribution in [3.8, 4) is 23.6 Å². The van der Waals surface area contributed by atoms with E-state index in [1.165, 1.54) is 6.08 Å². The first-order chi connectivity index (χ1) is 21.4. The smallest absolute Gasteiger partial charge is 0.227 e. The van der Waals surface area contributed by atoms with Crippen molar-refractivity contribution in [2.24, 2.45) is 0 Å². The van der Waals surface area contributed by atoms with E-state index in [1.54, 1.807) is 41.3 Å². The SMILES string of the molecule is CC1(C)Oc2ccc(C#N)cc2C(N2CCCC2=O)=C1CO.CC1(C)Oc2ccc(C#N)cc2C(OC2=CC(=O)CC2)=C1CO. The Morgan fingerprint density at radius 3 is 1.93 bits per heavy atom. The number of nitrogens with zero attached hydrogens (tertiary/aromatic N) is 3. The van der Waals surface area contributed by atoms with Gasteiger partial charge in [0.2, 0.25) is 5.91 Å². The highest BCUT2D eigenvalue weighted by Gasteiger charge is 2.40. The maximum Gasteiger partial charge on any atom is 0.227 e. The fourth-order valence-electron chi connectivity index (χ4n) is 5.92. The number of aliphatic hydroxyl groups is 2. The van der Waals surface area contributed by atoms with Crippen molar-refractivity contribution in [3.05, 3.63) is 81.6 Å². The summed E-state index contributed by atoms with van der Waals surface area (Å²) in [6.45, 7) is 7.64. The first-order valence-electron chi connectivity index (χ1n) is 14.8. The average Bonchev–Trinajstić information content (AvgIpc) is 3.62. The van der Waals surface area contributed by atoms with Gasteiger partial charge in [-0.05, 0) is 70.5 Å². The van der Waals surface area contributed by atoms with Crippen LogP contribution in [0.5, 0.6) is 11.5 Å². The number of aliphatic hydroxyl groups excluding tert-OH is 2. The molecule has 0 atom stereocenters. The summed E-state index contributed by atoms with van der Waals surface area (Å²) >= 11 is 0. The third-order valence-electron chi connectivity index (χ3n) is 8.29. The Bertz CT molecular complexity index is 1750. The number of carbonyl (C=O) groups is 2. The van der Waals surface area contributed by atoms with Crippen molar-refractivity contribution in [1.82, 2.24) is 4.90 Å².